The van der Waals surface area contributed by atoms with E-state index in [1.54, 1.807) is 4.90 Å². The van der Waals surface area contributed by atoms with E-state index in [4.69, 9.17) is 4.42 Å². The van der Waals surface area contributed by atoms with Crippen LogP contribution in [0.1, 0.15) is 49.6 Å². The van der Waals surface area contributed by atoms with E-state index in [0.29, 0.717) is 24.9 Å². The van der Waals surface area contributed by atoms with Gasteiger partial charge in [-0.15, -0.1) is 0 Å². The van der Waals surface area contributed by atoms with Gasteiger partial charge in [-0.05, 0) is 30.9 Å². The summed E-state index contributed by atoms with van der Waals surface area (Å²) in [5.74, 6) is 0.674. The molecule has 2 rings (SSSR count). The Hall–Kier alpha value is -2.83. The van der Waals surface area contributed by atoms with Gasteiger partial charge < -0.3 is 20.0 Å². The van der Waals surface area contributed by atoms with Crippen LogP contribution in [0.2, 0.25) is 0 Å². The van der Waals surface area contributed by atoms with E-state index in [0.717, 1.165) is 11.3 Å². The second kappa shape index (κ2) is 9.92. The molecular formula is C21H30N4O3. The molecule has 0 aliphatic heterocycles. The molecule has 0 bridgehead atoms. The number of anilines is 1. The number of hydrogen-bond acceptors (Lipinski definition) is 4. The van der Waals surface area contributed by atoms with Gasteiger partial charge in [-0.3, -0.25) is 4.79 Å². The van der Waals surface area contributed by atoms with Crippen molar-refractivity contribution in [2.75, 3.05) is 18.4 Å². The van der Waals surface area contributed by atoms with E-state index in [1.807, 2.05) is 58.9 Å². The first-order valence-corrected chi connectivity index (χ1v) is 9.59. The van der Waals surface area contributed by atoms with Gasteiger partial charge in [0.2, 0.25) is 5.89 Å². The largest absolute Gasteiger partial charge is 0.446 e. The number of nitrogens with zero attached hydrogens (tertiary/aromatic N) is 2. The van der Waals surface area contributed by atoms with Crippen molar-refractivity contribution in [2.45, 2.75) is 41.2 Å². The Morgan fingerprint density at radius 3 is 2.39 bits per heavy atom. The van der Waals surface area contributed by atoms with E-state index in [-0.39, 0.29) is 30.1 Å². The van der Waals surface area contributed by atoms with Crippen molar-refractivity contribution in [3.63, 3.8) is 0 Å². The quantitative estimate of drug-likeness (QED) is 0.716. The van der Waals surface area contributed by atoms with Crippen LogP contribution < -0.4 is 10.6 Å². The molecule has 0 unspecified atom stereocenters. The topological polar surface area (TPSA) is 87.5 Å². The highest BCUT2D eigenvalue weighted by atomic mass is 16.3. The molecule has 0 atom stereocenters. The van der Waals surface area contributed by atoms with Gasteiger partial charge in [0, 0.05) is 18.8 Å². The van der Waals surface area contributed by atoms with Gasteiger partial charge in [0.05, 0.1) is 6.54 Å². The van der Waals surface area contributed by atoms with Crippen molar-refractivity contribution >= 4 is 17.6 Å². The number of carbonyl (C=O) groups is 2. The Morgan fingerprint density at radius 1 is 1.11 bits per heavy atom. The number of urea groups is 1. The van der Waals surface area contributed by atoms with Crippen LogP contribution in [0, 0.1) is 18.8 Å². The maximum absolute atomic E-state index is 12.7. The van der Waals surface area contributed by atoms with Crippen molar-refractivity contribution in [1.29, 1.82) is 0 Å². The second-order valence-corrected chi connectivity index (χ2v) is 7.80. The first-order chi connectivity index (χ1) is 13.2. The molecule has 7 nitrogen and oxygen atoms in total. The number of aryl methyl sites for hydroxylation is 1. The van der Waals surface area contributed by atoms with Crippen molar-refractivity contribution in [3.8, 4) is 0 Å². The second-order valence-electron chi connectivity index (χ2n) is 7.80. The number of amides is 3. The van der Waals surface area contributed by atoms with Gasteiger partial charge in [0.15, 0.2) is 5.69 Å². The Bertz CT molecular complexity index is 781. The van der Waals surface area contributed by atoms with Gasteiger partial charge in [0.25, 0.3) is 5.91 Å². The smallest absolute Gasteiger partial charge is 0.322 e. The summed E-state index contributed by atoms with van der Waals surface area (Å²) in [6, 6.07) is 7.38. The molecule has 0 fully saturated rings. The molecule has 28 heavy (non-hydrogen) atoms. The Balaban J connectivity index is 2.04. The van der Waals surface area contributed by atoms with Crippen LogP contribution in [0.5, 0.6) is 0 Å². The number of carbonyl (C=O) groups excluding carboxylic acids is 2. The van der Waals surface area contributed by atoms with Gasteiger partial charge in [-0.1, -0.05) is 45.4 Å². The van der Waals surface area contributed by atoms with Gasteiger partial charge in [-0.2, -0.15) is 0 Å². The van der Waals surface area contributed by atoms with Gasteiger partial charge in [0.1, 0.15) is 6.26 Å². The summed E-state index contributed by atoms with van der Waals surface area (Å²) in [5, 5.41) is 5.70. The van der Waals surface area contributed by atoms with E-state index in [1.165, 1.54) is 6.26 Å². The average Bonchev–Trinajstić information content (AvgIpc) is 3.09. The third-order valence-electron chi connectivity index (χ3n) is 3.96. The van der Waals surface area contributed by atoms with Crippen molar-refractivity contribution in [3.05, 3.63) is 47.7 Å². The lowest BCUT2D eigenvalue weighted by atomic mass is 10.2. The highest BCUT2D eigenvalue weighted by Gasteiger charge is 2.20. The van der Waals surface area contributed by atoms with Crippen LogP contribution in [-0.2, 0) is 6.54 Å². The monoisotopic (exact) mass is 386 g/mol. The van der Waals surface area contributed by atoms with E-state index in [2.05, 4.69) is 15.6 Å². The average molecular weight is 386 g/mol. The first kappa shape index (κ1) is 21.5. The summed E-state index contributed by atoms with van der Waals surface area (Å²) in [7, 11) is 0. The van der Waals surface area contributed by atoms with E-state index < -0.39 is 0 Å². The Morgan fingerprint density at radius 2 is 1.79 bits per heavy atom. The van der Waals surface area contributed by atoms with Crippen molar-refractivity contribution in [1.82, 2.24) is 15.2 Å². The number of rotatable bonds is 8. The first-order valence-electron chi connectivity index (χ1n) is 9.59. The molecule has 2 aromatic rings. The zero-order chi connectivity index (χ0) is 20.7. The molecule has 0 radical (unpaired) electrons. The molecule has 0 aliphatic carbocycles. The van der Waals surface area contributed by atoms with Crippen molar-refractivity contribution < 1.29 is 14.0 Å². The minimum atomic E-state index is -0.275. The van der Waals surface area contributed by atoms with Crippen molar-refractivity contribution in [2.24, 2.45) is 11.8 Å². The summed E-state index contributed by atoms with van der Waals surface area (Å²) >= 11 is 0. The standard InChI is InChI=1S/C21H30N4O3/c1-14(2)10-22-20(26)18-13-28-19(24-18)12-25(11-15(3)4)21(27)23-17-8-6-16(5)7-9-17/h6-9,13-15H,10-12H2,1-5H3,(H,22,26)(H,23,27). The molecule has 1 aromatic carbocycles. The number of nitrogens with one attached hydrogen (secondary N) is 2. The lowest BCUT2D eigenvalue weighted by molar-refractivity contribution is 0.0944. The van der Waals surface area contributed by atoms with Crippen LogP contribution in [0.25, 0.3) is 0 Å². The lowest BCUT2D eigenvalue weighted by Crippen LogP contribution is -2.37. The molecule has 1 heterocycles. The summed E-state index contributed by atoms with van der Waals surface area (Å²) in [6.07, 6.45) is 1.33. The number of oxazole rings is 1. The highest BCUT2D eigenvalue weighted by molar-refractivity contribution is 5.92. The lowest BCUT2D eigenvalue weighted by Gasteiger charge is -2.23. The van der Waals surface area contributed by atoms with Crippen LogP contribution in [0.15, 0.2) is 34.9 Å². The van der Waals surface area contributed by atoms with E-state index in [9.17, 15) is 9.59 Å². The highest BCUT2D eigenvalue weighted by Crippen LogP contribution is 2.13. The van der Waals surface area contributed by atoms with Crippen LogP contribution in [0.4, 0.5) is 10.5 Å². The van der Waals surface area contributed by atoms with Gasteiger partial charge in [-0.25, -0.2) is 9.78 Å². The summed E-state index contributed by atoms with van der Waals surface area (Å²) in [5.41, 5.74) is 2.07. The van der Waals surface area contributed by atoms with Crippen LogP contribution in [-0.4, -0.2) is 34.9 Å². The minimum Gasteiger partial charge on any atom is -0.446 e. The normalized spacial score (nSPS) is 11.0. The molecule has 2 N–H and O–H groups in total. The molecule has 0 saturated heterocycles. The molecule has 0 spiro atoms. The number of aromatic nitrogens is 1. The van der Waals surface area contributed by atoms with Gasteiger partial charge >= 0.3 is 6.03 Å². The Kier molecular flexibility index (Phi) is 7.61. The number of benzene rings is 1. The fourth-order valence-corrected chi connectivity index (χ4v) is 2.54. The number of hydrogen-bond donors (Lipinski definition) is 2. The predicted octanol–water partition coefficient (Wildman–Crippen LogP) is 4.06. The minimum absolute atomic E-state index is 0.188. The molecule has 0 saturated carbocycles. The third kappa shape index (κ3) is 6.72. The zero-order valence-electron chi connectivity index (χ0n) is 17.3. The van der Waals surface area contributed by atoms with Crippen LogP contribution in [0.3, 0.4) is 0 Å². The Labute approximate surface area is 166 Å². The molecular weight excluding hydrogens is 356 g/mol. The summed E-state index contributed by atoms with van der Waals surface area (Å²) in [6.45, 7) is 11.4. The molecule has 0 aliphatic rings. The van der Waals surface area contributed by atoms with Crippen LogP contribution >= 0.6 is 0 Å². The predicted molar refractivity (Wildman–Crippen MR) is 109 cm³/mol. The SMILES string of the molecule is Cc1ccc(NC(=O)N(Cc2nc(C(=O)NCC(C)C)co2)CC(C)C)cc1. The maximum Gasteiger partial charge on any atom is 0.322 e. The fourth-order valence-electron chi connectivity index (χ4n) is 2.54. The third-order valence-corrected chi connectivity index (χ3v) is 3.96. The maximum atomic E-state index is 12.7. The molecule has 7 heteroatoms. The molecule has 152 valence electrons. The fraction of sp³-hybridized carbons (Fsp3) is 0.476. The zero-order valence-corrected chi connectivity index (χ0v) is 17.3. The molecule has 3 amide bonds. The molecule has 1 aromatic heterocycles. The summed E-state index contributed by atoms with van der Waals surface area (Å²) in [4.78, 5) is 30.7. The van der Waals surface area contributed by atoms with E-state index >= 15 is 0 Å². The summed E-state index contributed by atoms with van der Waals surface area (Å²) < 4.78 is 5.43.